The Hall–Kier alpha value is -2.10. The topological polar surface area (TPSA) is 55.1 Å². The molecule has 0 bridgehead atoms. The van der Waals surface area contributed by atoms with E-state index in [1.165, 1.54) is 5.56 Å². The summed E-state index contributed by atoms with van der Waals surface area (Å²) in [5, 5.41) is 8.69. The lowest BCUT2D eigenvalue weighted by Crippen LogP contribution is -2.00. The number of carboxylic acid groups (broad SMARTS) is 1. The number of nitrogens with zero attached hydrogens (tertiary/aromatic N) is 2. The fourth-order valence-electron chi connectivity index (χ4n) is 1.84. The quantitative estimate of drug-likeness (QED) is 0.878. The summed E-state index contributed by atoms with van der Waals surface area (Å²) in [6.45, 7) is 4.07. The molecule has 0 fully saturated rings. The second-order valence-corrected chi connectivity index (χ2v) is 4.13. The van der Waals surface area contributed by atoms with Crippen LogP contribution in [0.5, 0.6) is 0 Å². The van der Waals surface area contributed by atoms with E-state index in [-0.39, 0.29) is 6.42 Å². The Labute approximate surface area is 99.5 Å². The van der Waals surface area contributed by atoms with Crippen LogP contribution in [0.2, 0.25) is 0 Å². The van der Waals surface area contributed by atoms with Crippen LogP contribution in [-0.2, 0) is 11.2 Å². The van der Waals surface area contributed by atoms with E-state index in [1.807, 2.05) is 30.5 Å². The first kappa shape index (κ1) is 11.4. The van der Waals surface area contributed by atoms with Gasteiger partial charge < -0.3 is 9.67 Å². The molecule has 0 saturated carbocycles. The van der Waals surface area contributed by atoms with Crippen LogP contribution in [0.4, 0.5) is 0 Å². The highest BCUT2D eigenvalue weighted by molar-refractivity contribution is 5.69. The first-order valence-electron chi connectivity index (χ1n) is 5.38. The summed E-state index contributed by atoms with van der Waals surface area (Å²) in [6.07, 6.45) is 3.36. The van der Waals surface area contributed by atoms with Crippen LogP contribution in [0.1, 0.15) is 16.8 Å². The summed E-state index contributed by atoms with van der Waals surface area (Å²) in [7, 11) is 0. The van der Waals surface area contributed by atoms with Gasteiger partial charge in [-0.3, -0.25) is 4.79 Å². The van der Waals surface area contributed by atoms with Crippen LogP contribution in [0, 0.1) is 13.8 Å². The van der Waals surface area contributed by atoms with Crippen LogP contribution < -0.4 is 0 Å². The Morgan fingerprint density at radius 1 is 1.41 bits per heavy atom. The molecule has 2 aromatic rings. The van der Waals surface area contributed by atoms with Gasteiger partial charge in [-0.2, -0.15) is 0 Å². The number of aryl methyl sites for hydroxylation is 2. The van der Waals surface area contributed by atoms with Crippen LogP contribution in [0.3, 0.4) is 0 Å². The summed E-state index contributed by atoms with van der Waals surface area (Å²) < 4.78 is 1.85. The molecule has 1 heterocycles. The molecule has 0 aliphatic carbocycles. The zero-order chi connectivity index (χ0) is 12.4. The summed E-state index contributed by atoms with van der Waals surface area (Å²) in [4.78, 5) is 14.7. The molecular formula is C13H14N2O2. The van der Waals surface area contributed by atoms with Gasteiger partial charge in [0.15, 0.2) is 0 Å². The molecule has 0 aliphatic rings. The number of carboxylic acids is 1. The molecule has 0 radical (unpaired) electrons. The first-order chi connectivity index (χ1) is 8.06. The van der Waals surface area contributed by atoms with Gasteiger partial charge in [0.05, 0.1) is 18.4 Å². The van der Waals surface area contributed by atoms with Crippen molar-refractivity contribution in [1.82, 2.24) is 9.55 Å². The fraction of sp³-hybridized carbons (Fsp3) is 0.231. The van der Waals surface area contributed by atoms with E-state index in [9.17, 15) is 4.79 Å². The zero-order valence-electron chi connectivity index (χ0n) is 9.84. The molecular weight excluding hydrogens is 216 g/mol. The van der Waals surface area contributed by atoms with Crippen molar-refractivity contribution in [3.05, 3.63) is 47.5 Å². The molecule has 1 aromatic carbocycles. The predicted molar refractivity (Wildman–Crippen MR) is 64.4 cm³/mol. The number of carbonyl (C=O) groups is 1. The number of imidazole rings is 1. The second kappa shape index (κ2) is 4.41. The Morgan fingerprint density at radius 2 is 2.18 bits per heavy atom. The zero-order valence-corrected chi connectivity index (χ0v) is 9.84. The molecule has 1 N–H and O–H groups in total. The smallest absolute Gasteiger partial charge is 0.309 e. The Morgan fingerprint density at radius 3 is 2.82 bits per heavy atom. The SMILES string of the molecule is Cc1ccc(-n2cnc(CC(=O)O)c2)c(C)c1. The Balaban J connectivity index is 2.33. The fourth-order valence-corrected chi connectivity index (χ4v) is 1.84. The molecule has 1 aromatic heterocycles. The van der Waals surface area contributed by atoms with E-state index in [1.54, 1.807) is 12.5 Å². The lowest BCUT2D eigenvalue weighted by atomic mass is 10.1. The highest BCUT2D eigenvalue weighted by Crippen LogP contribution is 2.16. The van der Waals surface area contributed by atoms with Crippen molar-refractivity contribution in [2.24, 2.45) is 0 Å². The van der Waals surface area contributed by atoms with Gasteiger partial charge in [-0.15, -0.1) is 0 Å². The summed E-state index contributed by atoms with van der Waals surface area (Å²) in [5.41, 5.74) is 3.94. The van der Waals surface area contributed by atoms with E-state index >= 15 is 0 Å². The van der Waals surface area contributed by atoms with Crippen molar-refractivity contribution in [2.75, 3.05) is 0 Å². The van der Waals surface area contributed by atoms with Gasteiger partial charge in [0.2, 0.25) is 0 Å². The van der Waals surface area contributed by atoms with Gasteiger partial charge in [0, 0.05) is 11.9 Å². The number of hydrogen-bond donors (Lipinski definition) is 1. The molecule has 0 atom stereocenters. The van der Waals surface area contributed by atoms with Gasteiger partial charge in [0.1, 0.15) is 0 Å². The van der Waals surface area contributed by atoms with E-state index in [0.717, 1.165) is 11.3 Å². The number of aromatic nitrogens is 2. The number of rotatable bonds is 3. The third-order valence-electron chi connectivity index (χ3n) is 2.60. The Bertz CT molecular complexity index is 558. The highest BCUT2D eigenvalue weighted by Gasteiger charge is 2.06. The van der Waals surface area contributed by atoms with E-state index in [4.69, 9.17) is 5.11 Å². The van der Waals surface area contributed by atoms with Crippen molar-refractivity contribution in [2.45, 2.75) is 20.3 Å². The number of aliphatic carboxylic acids is 1. The van der Waals surface area contributed by atoms with E-state index in [0.29, 0.717) is 5.69 Å². The molecule has 0 amide bonds. The molecule has 0 spiro atoms. The molecule has 2 rings (SSSR count). The minimum absolute atomic E-state index is 0.0437. The van der Waals surface area contributed by atoms with Crippen molar-refractivity contribution in [3.8, 4) is 5.69 Å². The predicted octanol–water partition coefficient (Wildman–Crippen LogP) is 2.12. The third-order valence-corrected chi connectivity index (χ3v) is 2.60. The number of hydrogen-bond acceptors (Lipinski definition) is 2. The van der Waals surface area contributed by atoms with E-state index < -0.39 is 5.97 Å². The standard InChI is InChI=1S/C13H14N2O2/c1-9-3-4-12(10(2)5-9)15-7-11(14-8-15)6-13(16)17/h3-5,7-8H,6H2,1-2H3,(H,16,17). The lowest BCUT2D eigenvalue weighted by molar-refractivity contribution is -0.136. The van der Waals surface area contributed by atoms with Gasteiger partial charge in [-0.25, -0.2) is 4.98 Å². The molecule has 0 unspecified atom stereocenters. The van der Waals surface area contributed by atoms with Gasteiger partial charge in [-0.05, 0) is 25.5 Å². The van der Waals surface area contributed by atoms with Crippen molar-refractivity contribution in [1.29, 1.82) is 0 Å². The van der Waals surface area contributed by atoms with Gasteiger partial charge in [-0.1, -0.05) is 17.7 Å². The van der Waals surface area contributed by atoms with Crippen LogP contribution in [0.25, 0.3) is 5.69 Å². The monoisotopic (exact) mass is 230 g/mol. The normalized spacial score (nSPS) is 10.5. The van der Waals surface area contributed by atoms with Crippen molar-refractivity contribution < 1.29 is 9.90 Å². The van der Waals surface area contributed by atoms with Gasteiger partial charge in [0.25, 0.3) is 0 Å². The first-order valence-corrected chi connectivity index (χ1v) is 5.38. The highest BCUT2D eigenvalue weighted by atomic mass is 16.4. The average molecular weight is 230 g/mol. The Kier molecular flexibility index (Phi) is 2.95. The maximum absolute atomic E-state index is 10.6. The lowest BCUT2D eigenvalue weighted by Gasteiger charge is -2.06. The minimum atomic E-state index is -0.865. The van der Waals surface area contributed by atoms with Crippen LogP contribution in [0.15, 0.2) is 30.7 Å². The second-order valence-electron chi connectivity index (χ2n) is 4.13. The number of benzene rings is 1. The molecule has 17 heavy (non-hydrogen) atoms. The maximum atomic E-state index is 10.6. The maximum Gasteiger partial charge on any atom is 0.309 e. The molecule has 88 valence electrons. The van der Waals surface area contributed by atoms with Crippen molar-refractivity contribution >= 4 is 5.97 Å². The molecule has 4 heteroatoms. The molecule has 4 nitrogen and oxygen atoms in total. The summed E-state index contributed by atoms with van der Waals surface area (Å²) in [5.74, 6) is -0.865. The average Bonchev–Trinajstić information content (AvgIpc) is 2.65. The molecule has 0 aliphatic heterocycles. The van der Waals surface area contributed by atoms with Crippen LogP contribution >= 0.6 is 0 Å². The summed E-state index contributed by atoms with van der Waals surface area (Å²) in [6, 6.07) is 6.13. The van der Waals surface area contributed by atoms with Gasteiger partial charge >= 0.3 is 5.97 Å². The summed E-state index contributed by atoms with van der Waals surface area (Å²) >= 11 is 0. The van der Waals surface area contributed by atoms with Crippen LogP contribution in [-0.4, -0.2) is 20.6 Å². The van der Waals surface area contributed by atoms with Crippen molar-refractivity contribution in [3.63, 3.8) is 0 Å². The third kappa shape index (κ3) is 2.53. The largest absolute Gasteiger partial charge is 0.481 e. The molecule has 0 saturated heterocycles. The van der Waals surface area contributed by atoms with E-state index in [2.05, 4.69) is 11.1 Å². The minimum Gasteiger partial charge on any atom is -0.481 e.